The molecule has 0 spiro atoms. The molecule has 20 heavy (non-hydrogen) atoms. The van der Waals surface area contributed by atoms with Gasteiger partial charge in [-0.15, -0.1) is 0 Å². The minimum absolute atomic E-state index is 0.403. The van der Waals surface area contributed by atoms with E-state index in [1.165, 1.54) is 5.56 Å². The predicted molar refractivity (Wildman–Crippen MR) is 80.7 cm³/mol. The molecule has 1 aliphatic rings. The van der Waals surface area contributed by atoms with Crippen LogP contribution < -0.4 is 0 Å². The van der Waals surface area contributed by atoms with Crippen LogP contribution in [0.4, 0.5) is 0 Å². The monoisotopic (exact) mass is 276 g/mol. The molecule has 1 aromatic heterocycles. The van der Waals surface area contributed by atoms with E-state index in [0.717, 1.165) is 45.0 Å². The topological polar surface area (TPSA) is 48.8 Å². The van der Waals surface area contributed by atoms with Crippen LogP contribution in [0.15, 0.2) is 23.5 Å². The fraction of sp³-hybridized carbons (Fsp3) is 0.667. The second-order valence-corrected chi connectivity index (χ2v) is 5.72. The lowest BCUT2D eigenvalue weighted by Crippen LogP contribution is -2.46. The van der Waals surface area contributed by atoms with E-state index in [0.29, 0.717) is 12.5 Å². The fourth-order valence-electron chi connectivity index (χ4n) is 2.48. The number of piperazine rings is 1. The maximum Gasteiger partial charge on any atom is 0.0938 e. The first-order valence-corrected chi connectivity index (χ1v) is 7.37. The molecule has 0 radical (unpaired) electrons. The predicted octanol–water partition coefficient (Wildman–Crippen LogP) is 2.09. The summed E-state index contributed by atoms with van der Waals surface area (Å²) in [5.74, 6) is 0.485. The highest BCUT2D eigenvalue weighted by atomic mass is 16.3. The summed E-state index contributed by atoms with van der Waals surface area (Å²) in [5.41, 5.74) is 2.43. The molecular formula is C15H24N4O. The molecule has 5 nitrogen and oxygen atoms in total. The van der Waals surface area contributed by atoms with Gasteiger partial charge in [-0.1, -0.05) is 25.1 Å². The van der Waals surface area contributed by atoms with Crippen LogP contribution in [-0.2, 0) is 6.54 Å². The minimum Gasteiger partial charge on any atom is -0.299 e. The molecule has 0 bridgehead atoms. The van der Waals surface area contributed by atoms with Gasteiger partial charge in [-0.2, -0.15) is 4.91 Å². The minimum atomic E-state index is 0.403. The van der Waals surface area contributed by atoms with Gasteiger partial charge in [-0.25, -0.2) is 0 Å². The Bertz CT molecular complexity index is 410. The van der Waals surface area contributed by atoms with Crippen LogP contribution in [0.3, 0.4) is 0 Å². The molecule has 0 aliphatic carbocycles. The number of nitrogens with zero attached hydrogens (tertiary/aromatic N) is 4. The molecule has 0 amide bonds. The number of hydrogen-bond acceptors (Lipinski definition) is 5. The Morgan fingerprint density at radius 3 is 2.45 bits per heavy atom. The van der Waals surface area contributed by atoms with Gasteiger partial charge in [0.15, 0.2) is 0 Å². The van der Waals surface area contributed by atoms with Crippen molar-refractivity contribution in [1.82, 2.24) is 14.8 Å². The van der Waals surface area contributed by atoms with Crippen LogP contribution in [0.2, 0.25) is 0 Å². The summed E-state index contributed by atoms with van der Waals surface area (Å²) in [6.07, 6.45) is 2.00. The van der Waals surface area contributed by atoms with E-state index < -0.39 is 0 Å². The van der Waals surface area contributed by atoms with Gasteiger partial charge in [0.2, 0.25) is 0 Å². The smallest absolute Gasteiger partial charge is 0.0938 e. The van der Waals surface area contributed by atoms with Crippen molar-refractivity contribution in [3.8, 4) is 0 Å². The van der Waals surface area contributed by atoms with Crippen molar-refractivity contribution in [1.29, 1.82) is 0 Å². The van der Waals surface area contributed by atoms with Crippen LogP contribution in [0.25, 0.3) is 0 Å². The molecule has 2 rings (SSSR count). The first-order chi connectivity index (χ1) is 9.69. The number of nitroso groups, excluding NO2 is 1. The normalized spacial score (nSPS) is 17.6. The van der Waals surface area contributed by atoms with E-state index in [9.17, 15) is 4.91 Å². The Hall–Kier alpha value is -1.33. The zero-order valence-electron chi connectivity index (χ0n) is 12.5. The van der Waals surface area contributed by atoms with Gasteiger partial charge < -0.3 is 0 Å². The summed E-state index contributed by atoms with van der Waals surface area (Å²) < 4.78 is 0. The fourth-order valence-corrected chi connectivity index (χ4v) is 2.48. The third kappa shape index (κ3) is 4.35. The Labute approximate surface area is 121 Å². The Morgan fingerprint density at radius 1 is 1.20 bits per heavy atom. The molecule has 1 saturated heterocycles. The molecule has 0 N–H and O–H groups in total. The van der Waals surface area contributed by atoms with Crippen LogP contribution in [0.1, 0.15) is 31.0 Å². The highest BCUT2D eigenvalue weighted by Gasteiger charge is 2.16. The van der Waals surface area contributed by atoms with E-state index in [1.807, 2.05) is 6.20 Å². The summed E-state index contributed by atoms with van der Waals surface area (Å²) in [4.78, 5) is 19.4. The third-order valence-electron chi connectivity index (χ3n) is 3.82. The average molecular weight is 276 g/mol. The maximum absolute atomic E-state index is 10.1. The van der Waals surface area contributed by atoms with Crippen LogP contribution in [-0.4, -0.2) is 54.1 Å². The Kier molecular flexibility index (Phi) is 5.61. The molecule has 1 fully saturated rings. The standard InChI is InChI=1S/C15H24N4O/c1-13(2)15-4-3-14(11-16-15)12-19-9-7-18(8-10-19)6-5-17-20/h3-4,11,13H,5-10,12H2,1-2H3. The van der Waals surface area contributed by atoms with Crippen molar-refractivity contribution < 1.29 is 0 Å². The van der Waals surface area contributed by atoms with Crippen molar-refractivity contribution in [2.24, 2.45) is 5.18 Å². The summed E-state index contributed by atoms with van der Waals surface area (Å²) >= 11 is 0. The highest BCUT2D eigenvalue weighted by molar-refractivity contribution is 5.16. The van der Waals surface area contributed by atoms with Crippen molar-refractivity contribution >= 4 is 0 Å². The number of aromatic nitrogens is 1. The van der Waals surface area contributed by atoms with E-state index in [2.05, 4.69) is 45.9 Å². The van der Waals surface area contributed by atoms with Gasteiger partial charge in [0.1, 0.15) is 0 Å². The van der Waals surface area contributed by atoms with E-state index >= 15 is 0 Å². The second kappa shape index (κ2) is 7.45. The number of hydrogen-bond donors (Lipinski definition) is 0. The molecule has 1 aliphatic heterocycles. The maximum atomic E-state index is 10.1. The third-order valence-corrected chi connectivity index (χ3v) is 3.82. The van der Waals surface area contributed by atoms with Crippen LogP contribution in [0, 0.1) is 4.91 Å². The van der Waals surface area contributed by atoms with Gasteiger partial charge in [0.05, 0.1) is 6.54 Å². The lowest BCUT2D eigenvalue weighted by molar-refractivity contribution is 0.130. The quantitative estimate of drug-likeness (QED) is 0.747. The largest absolute Gasteiger partial charge is 0.299 e. The van der Waals surface area contributed by atoms with Crippen molar-refractivity contribution in [2.45, 2.75) is 26.3 Å². The van der Waals surface area contributed by atoms with Gasteiger partial charge in [-0.3, -0.25) is 14.8 Å². The van der Waals surface area contributed by atoms with Gasteiger partial charge >= 0.3 is 0 Å². The lowest BCUT2D eigenvalue weighted by atomic mass is 10.1. The zero-order valence-corrected chi connectivity index (χ0v) is 12.5. The van der Waals surface area contributed by atoms with Gasteiger partial charge in [-0.05, 0) is 17.5 Å². The number of pyridine rings is 1. The molecule has 0 atom stereocenters. The van der Waals surface area contributed by atoms with Crippen molar-refractivity contribution in [3.05, 3.63) is 34.5 Å². The Balaban J connectivity index is 1.78. The SMILES string of the molecule is CC(C)c1ccc(CN2CCN(CCN=O)CC2)cn1. The molecule has 2 heterocycles. The van der Waals surface area contributed by atoms with E-state index in [4.69, 9.17) is 0 Å². The first-order valence-electron chi connectivity index (χ1n) is 7.37. The van der Waals surface area contributed by atoms with E-state index in [1.54, 1.807) is 0 Å². The second-order valence-electron chi connectivity index (χ2n) is 5.72. The van der Waals surface area contributed by atoms with Gasteiger partial charge in [0, 0.05) is 51.2 Å². The van der Waals surface area contributed by atoms with E-state index in [-0.39, 0.29) is 0 Å². The molecular weight excluding hydrogens is 252 g/mol. The number of rotatable bonds is 6. The molecule has 0 unspecified atom stereocenters. The summed E-state index contributed by atoms with van der Waals surface area (Å²) in [7, 11) is 0. The average Bonchev–Trinajstić information content (AvgIpc) is 2.47. The molecule has 0 aromatic carbocycles. The highest BCUT2D eigenvalue weighted by Crippen LogP contribution is 2.13. The molecule has 110 valence electrons. The zero-order chi connectivity index (χ0) is 14.4. The van der Waals surface area contributed by atoms with Crippen LogP contribution in [0.5, 0.6) is 0 Å². The summed E-state index contributed by atoms with van der Waals surface area (Å²) in [5, 5.41) is 2.93. The van der Waals surface area contributed by atoms with Crippen LogP contribution >= 0.6 is 0 Å². The lowest BCUT2D eigenvalue weighted by Gasteiger charge is -2.34. The van der Waals surface area contributed by atoms with Crippen molar-refractivity contribution in [2.75, 3.05) is 39.3 Å². The summed E-state index contributed by atoms with van der Waals surface area (Å²) in [6, 6.07) is 4.32. The first kappa shape index (κ1) is 15.1. The Morgan fingerprint density at radius 2 is 1.90 bits per heavy atom. The van der Waals surface area contributed by atoms with Crippen molar-refractivity contribution in [3.63, 3.8) is 0 Å². The molecule has 5 heteroatoms. The summed E-state index contributed by atoms with van der Waals surface area (Å²) in [6.45, 7) is 10.6. The van der Waals surface area contributed by atoms with Gasteiger partial charge in [0.25, 0.3) is 0 Å². The molecule has 1 aromatic rings. The molecule has 0 saturated carbocycles.